The van der Waals surface area contributed by atoms with Crippen molar-refractivity contribution in [3.8, 4) is 0 Å². The van der Waals surface area contributed by atoms with Crippen LogP contribution in [0.25, 0.3) is 0 Å². The van der Waals surface area contributed by atoms with E-state index in [4.69, 9.17) is 4.74 Å². The van der Waals surface area contributed by atoms with E-state index in [2.05, 4.69) is 16.0 Å². The van der Waals surface area contributed by atoms with Crippen molar-refractivity contribution in [1.29, 1.82) is 0 Å². The number of hydrogen-bond donors (Lipinski definition) is 3. The summed E-state index contributed by atoms with van der Waals surface area (Å²) in [4.78, 5) is 22.7. The summed E-state index contributed by atoms with van der Waals surface area (Å²) in [7, 11) is 0. The largest absolute Gasteiger partial charge is 0.381 e. The van der Waals surface area contributed by atoms with Crippen LogP contribution in [0.15, 0.2) is 0 Å². The summed E-state index contributed by atoms with van der Waals surface area (Å²) in [5, 5.41) is 8.54. The molecule has 6 heteroatoms. The predicted molar refractivity (Wildman–Crippen MR) is 56.8 cm³/mol. The molecule has 2 heterocycles. The smallest absolute Gasteiger partial charge is 0.239 e. The lowest BCUT2D eigenvalue weighted by atomic mass is 10.1. The fourth-order valence-corrected chi connectivity index (χ4v) is 1.90. The van der Waals surface area contributed by atoms with Gasteiger partial charge in [-0.05, 0) is 12.8 Å². The van der Waals surface area contributed by atoms with Gasteiger partial charge in [-0.15, -0.1) is 0 Å². The average molecular weight is 227 g/mol. The third-order valence-corrected chi connectivity index (χ3v) is 2.90. The van der Waals surface area contributed by atoms with Gasteiger partial charge in [-0.25, -0.2) is 0 Å². The molecule has 2 aliphatic rings. The van der Waals surface area contributed by atoms with E-state index in [0.29, 0.717) is 19.8 Å². The van der Waals surface area contributed by atoms with Crippen molar-refractivity contribution in [1.82, 2.24) is 16.0 Å². The maximum absolute atomic E-state index is 11.8. The van der Waals surface area contributed by atoms with E-state index in [1.165, 1.54) is 0 Å². The van der Waals surface area contributed by atoms with Crippen LogP contribution in [0.2, 0.25) is 0 Å². The zero-order valence-corrected chi connectivity index (χ0v) is 9.12. The van der Waals surface area contributed by atoms with E-state index < -0.39 is 0 Å². The Bertz CT molecular complexity index is 266. The minimum Gasteiger partial charge on any atom is -0.381 e. The second-order valence-corrected chi connectivity index (χ2v) is 4.13. The lowest BCUT2D eigenvalue weighted by Crippen LogP contribution is -2.59. The van der Waals surface area contributed by atoms with Gasteiger partial charge in [0.25, 0.3) is 0 Å². The van der Waals surface area contributed by atoms with Gasteiger partial charge in [-0.2, -0.15) is 0 Å². The molecule has 0 spiro atoms. The van der Waals surface area contributed by atoms with E-state index >= 15 is 0 Å². The predicted octanol–water partition coefficient (Wildman–Crippen LogP) is -1.63. The Morgan fingerprint density at radius 2 is 2.12 bits per heavy atom. The molecule has 0 saturated carbocycles. The van der Waals surface area contributed by atoms with Crippen LogP contribution in [0.3, 0.4) is 0 Å². The summed E-state index contributed by atoms with van der Waals surface area (Å²) in [6.07, 6.45) is 1.73. The van der Waals surface area contributed by atoms with E-state index in [-0.39, 0.29) is 30.4 Å². The first kappa shape index (κ1) is 11.3. The van der Waals surface area contributed by atoms with E-state index in [0.717, 1.165) is 12.8 Å². The first-order valence-corrected chi connectivity index (χ1v) is 5.64. The number of carbonyl (C=O) groups is 2. The van der Waals surface area contributed by atoms with E-state index in [9.17, 15) is 9.59 Å². The number of amides is 2. The lowest BCUT2D eigenvalue weighted by molar-refractivity contribution is -0.127. The summed E-state index contributed by atoms with van der Waals surface area (Å²) >= 11 is 0. The summed E-state index contributed by atoms with van der Waals surface area (Å²) in [5.41, 5.74) is 0. The Labute approximate surface area is 94.1 Å². The van der Waals surface area contributed by atoms with Crippen molar-refractivity contribution in [2.45, 2.75) is 24.9 Å². The van der Waals surface area contributed by atoms with Crippen LogP contribution >= 0.6 is 0 Å². The molecule has 0 bridgehead atoms. The molecule has 2 fully saturated rings. The van der Waals surface area contributed by atoms with Crippen LogP contribution in [0.1, 0.15) is 12.8 Å². The van der Waals surface area contributed by atoms with Crippen molar-refractivity contribution < 1.29 is 14.3 Å². The van der Waals surface area contributed by atoms with Crippen LogP contribution in [0, 0.1) is 0 Å². The lowest BCUT2D eigenvalue weighted by Gasteiger charge is -2.28. The summed E-state index contributed by atoms with van der Waals surface area (Å²) in [6.45, 7) is 2.00. The standard InChI is InChI=1S/C10H17N3O3/c14-9-6-11-8(5-12-9)10(15)13-7-1-3-16-4-2-7/h7-8,11H,1-6H2,(H,12,14)(H,13,15). The molecule has 0 aromatic heterocycles. The summed E-state index contributed by atoms with van der Waals surface area (Å²) in [5.74, 6) is -0.0954. The second-order valence-electron chi connectivity index (χ2n) is 4.13. The molecule has 6 nitrogen and oxygen atoms in total. The molecule has 3 N–H and O–H groups in total. The minimum absolute atomic E-state index is 0.0353. The van der Waals surface area contributed by atoms with Gasteiger partial charge in [0.05, 0.1) is 6.54 Å². The molecule has 2 saturated heterocycles. The van der Waals surface area contributed by atoms with Crippen LogP contribution < -0.4 is 16.0 Å². The zero-order chi connectivity index (χ0) is 11.4. The maximum atomic E-state index is 11.8. The molecular formula is C10H17N3O3. The molecular weight excluding hydrogens is 210 g/mol. The highest BCUT2D eigenvalue weighted by atomic mass is 16.5. The van der Waals surface area contributed by atoms with Crippen molar-refractivity contribution in [3.63, 3.8) is 0 Å². The molecule has 0 aromatic carbocycles. The van der Waals surface area contributed by atoms with Gasteiger partial charge < -0.3 is 15.4 Å². The van der Waals surface area contributed by atoms with Crippen molar-refractivity contribution in [3.05, 3.63) is 0 Å². The molecule has 0 radical (unpaired) electrons. The Hall–Kier alpha value is -1.14. The van der Waals surface area contributed by atoms with E-state index in [1.807, 2.05) is 0 Å². The SMILES string of the molecule is O=C1CNC(C(=O)NC2CCOCC2)CN1. The average Bonchev–Trinajstić information content (AvgIpc) is 2.31. The highest BCUT2D eigenvalue weighted by Crippen LogP contribution is 2.06. The molecule has 1 atom stereocenters. The zero-order valence-electron chi connectivity index (χ0n) is 9.12. The monoisotopic (exact) mass is 227 g/mol. The summed E-state index contributed by atoms with van der Waals surface area (Å²) < 4.78 is 5.22. The van der Waals surface area contributed by atoms with Crippen molar-refractivity contribution >= 4 is 11.8 Å². The first-order chi connectivity index (χ1) is 7.75. The third kappa shape index (κ3) is 2.93. The third-order valence-electron chi connectivity index (χ3n) is 2.90. The van der Waals surface area contributed by atoms with Crippen LogP contribution in [0.5, 0.6) is 0 Å². The fourth-order valence-electron chi connectivity index (χ4n) is 1.90. The van der Waals surface area contributed by atoms with Crippen LogP contribution in [-0.2, 0) is 14.3 Å². The number of ether oxygens (including phenoxy) is 1. The Morgan fingerprint density at radius 3 is 2.75 bits per heavy atom. The van der Waals surface area contributed by atoms with Gasteiger partial charge in [0, 0.05) is 25.8 Å². The van der Waals surface area contributed by atoms with Gasteiger partial charge >= 0.3 is 0 Å². The number of piperazine rings is 1. The Kier molecular flexibility index (Phi) is 3.74. The molecule has 1 unspecified atom stereocenters. The van der Waals surface area contributed by atoms with Gasteiger partial charge in [0.15, 0.2) is 0 Å². The molecule has 2 rings (SSSR count). The van der Waals surface area contributed by atoms with Crippen molar-refractivity contribution in [2.24, 2.45) is 0 Å². The van der Waals surface area contributed by atoms with Gasteiger partial charge in [-0.1, -0.05) is 0 Å². The first-order valence-electron chi connectivity index (χ1n) is 5.64. The topological polar surface area (TPSA) is 79.5 Å². The number of nitrogens with one attached hydrogen (secondary N) is 3. The minimum atomic E-state index is -0.305. The van der Waals surface area contributed by atoms with Crippen LogP contribution in [-0.4, -0.2) is 50.2 Å². The van der Waals surface area contributed by atoms with Crippen molar-refractivity contribution in [2.75, 3.05) is 26.3 Å². The summed E-state index contributed by atoms with van der Waals surface area (Å²) in [6, 6.07) is -0.0961. The molecule has 2 amide bonds. The molecule has 16 heavy (non-hydrogen) atoms. The van der Waals surface area contributed by atoms with Gasteiger partial charge in [-0.3, -0.25) is 14.9 Å². The highest BCUT2D eigenvalue weighted by Gasteiger charge is 2.26. The number of hydrogen-bond acceptors (Lipinski definition) is 4. The molecule has 0 aromatic rings. The maximum Gasteiger partial charge on any atom is 0.239 e. The number of carbonyl (C=O) groups excluding carboxylic acids is 2. The molecule has 0 aliphatic carbocycles. The normalized spacial score (nSPS) is 27.2. The van der Waals surface area contributed by atoms with Gasteiger partial charge in [0.2, 0.25) is 11.8 Å². The van der Waals surface area contributed by atoms with Gasteiger partial charge in [0.1, 0.15) is 6.04 Å². The quantitative estimate of drug-likeness (QED) is 0.529. The second kappa shape index (κ2) is 5.27. The Morgan fingerprint density at radius 1 is 1.38 bits per heavy atom. The highest BCUT2D eigenvalue weighted by molar-refractivity contribution is 5.86. The number of rotatable bonds is 2. The Balaban J connectivity index is 1.76. The fraction of sp³-hybridized carbons (Fsp3) is 0.800. The molecule has 2 aliphatic heterocycles. The molecule has 90 valence electrons. The van der Waals surface area contributed by atoms with E-state index in [1.54, 1.807) is 0 Å². The van der Waals surface area contributed by atoms with Crippen LogP contribution in [0.4, 0.5) is 0 Å².